The van der Waals surface area contributed by atoms with Crippen molar-refractivity contribution in [3.8, 4) is 0 Å². The van der Waals surface area contributed by atoms with Crippen LogP contribution in [0.15, 0.2) is 30.5 Å². The maximum Gasteiger partial charge on any atom is 0.242 e. The number of aromatic nitrogens is 1. The Morgan fingerprint density at radius 1 is 1.18 bits per heavy atom. The molecule has 2 fully saturated rings. The monoisotopic (exact) mass is 476 g/mol. The third-order valence-electron chi connectivity index (χ3n) is 7.02. The summed E-state index contributed by atoms with van der Waals surface area (Å²) in [4.78, 5) is 18.0. The van der Waals surface area contributed by atoms with Gasteiger partial charge in [0.05, 0.1) is 24.1 Å². The smallest absolute Gasteiger partial charge is 0.242 e. The molecule has 0 bridgehead atoms. The van der Waals surface area contributed by atoms with Gasteiger partial charge in [0.2, 0.25) is 15.9 Å². The largest absolute Gasteiger partial charge is 0.383 e. The topological polar surface area (TPSA) is 83.9 Å². The summed E-state index contributed by atoms with van der Waals surface area (Å²) in [5, 5.41) is 0.782. The Bertz CT molecular complexity index is 1070. The van der Waals surface area contributed by atoms with Gasteiger partial charge in [-0.25, -0.2) is 8.42 Å². The lowest BCUT2D eigenvalue weighted by Gasteiger charge is -2.45. The second-order valence-corrected chi connectivity index (χ2v) is 11.1. The maximum absolute atomic E-state index is 13.4. The Kier molecular flexibility index (Phi) is 7.61. The summed E-state index contributed by atoms with van der Waals surface area (Å²) in [6, 6.07) is 7.90. The van der Waals surface area contributed by atoms with E-state index < -0.39 is 10.0 Å². The lowest BCUT2D eigenvalue weighted by molar-refractivity contribution is -0.133. The number of carbonyl (C=O) groups excluding carboxylic acids is 1. The van der Waals surface area contributed by atoms with Gasteiger partial charge in [-0.1, -0.05) is 12.5 Å². The predicted molar refractivity (Wildman–Crippen MR) is 131 cm³/mol. The van der Waals surface area contributed by atoms with Crippen molar-refractivity contribution >= 4 is 32.5 Å². The highest BCUT2D eigenvalue weighted by Crippen LogP contribution is 2.31. The number of methoxy groups -OCH3 is 1. The van der Waals surface area contributed by atoms with Crippen molar-refractivity contribution in [2.45, 2.75) is 44.7 Å². The van der Waals surface area contributed by atoms with Crippen LogP contribution in [0.5, 0.6) is 0 Å². The van der Waals surface area contributed by atoms with Gasteiger partial charge < -0.3 is 19.1 Å². The quantitative estimate of drug-likeness (QED) is 0.602. The number of hydrogen-bond donors (Lipinski definition) is 1. The van der Waals surface area contributed by atoms with Crippen LogP contribution in [0.3, 0.4) is 0 Å². The first-order valence-electron chi connectivity index (χ1n) is 11.9. The molecule has 0 spiro atoms. The number of carbonyl (C=O) groups is 1. The fraction of sp³-hybridized carbons (Fsp3) is 0.625. The third kappa shape index (κ3) is 5.88. The van der Waals surface area contributed by atoms with Crippen molar-refractivity contribution in [3.05, 3.63) is 30.5 Å². The minimum Gasteiger partial charge on any atom is -0.383 e. The second kappa shape index (κ2) is 10.4. The Morgan fingerprint density at radius 3 is 2.79 bits per heavy atom. The van der Waals surface area contributed by atoms with Gasteiger partial charge in [-0.3, -0.25) is 9.52 Å². The van der Waals surface area contributed by atoms with Gasteiger partial charge in [-0.2, -0.15) is 0 Å². The molecule has 1 aromatic heterocycles. The zero-order valence-electron chi connectivity index (χ0n) is 19.7. The number of fused-ring (bicyclic) bond motifs is 2. The Labute approximate surface area is 196 Å². The zero-order valence-corrected chi connectivity index (χ0v) is 20.5. The van der Waals surface area contributed by atoms with Crippen molar-refractivity contribution in [2.24, 2.45) is 5.92 Å². The van der Waals surface area contributed by atoms with Crippen molar-refractivity contribution in [3.63, 3.8) is 0 Å². The molecule has 33 heavy (non-hydrogen) atoms. The first-order valence-corrected chi connectivity index (χ1v) is 13.8. The number of benzene rings is 1. The normalized spacial score (nSPS) is 21.6. The molecular weight excluding hydrogens is 440 g/mol. The highest BCUT2D eigenvalue weighted by Gasteiger charge is 2.34. The summed E-state index contributed by atoms with van der Waals surface area (Å²) in [7, 11) is -1.72. The van der Waals surface area contributed by atoms with Gasteiger partial charge in [0.15, 0.2) is 0 Å². The minimum atomic E-state index is -3.38. The van der Waals surface area contributed by atoms with E-state index in [0.29, 0.717) is 30.8 Å². The summed E-state index contributed by atoms with van der Waals surface area (Å²) in [5.74, 6) is 0.575. The van der Waals surface area contributed by atoms with E-state index in [9.17, 15) is 13.2 Å². The second-order valence-electron chi connectivity index (χ2n) is 9.39. The van der Waals surface area contributed by atoms with Gasteiger partial charge >= 0.3 is 0 Å². The maximum atomic E-state index is 13.4. The van der Waals surface area contributed by atoms with E-state index in [1.807, 2.05) is 27.8 Å². The lowest BCUT2D eigenvalue weighted by Crippen LogP contribution is -2.52. The van der Waals surface area contributed by atoms with Crippen LogP contribution in [0.25, 0.3) is 10.9 Å². The van der Waals surface area contributed by atoms with E-state index >= 15 is 0 Å². The molecule has 2 aliphatic rings. The Morgan fingerprint density at radius 2 is 2.00 bits per heavy atom. The molecule has 9 heteroatoms. The van der Waals surface area contributed by atoms with Crippen molar-refractivity contribution < 1.29 is 17.9 Å². The highest BCUT2D eigenvalue weighted by molar-refractivity contribution is 7.92. The molecule has 1 amide bonds. The Hall–Kier alpha value is -2.10. The van der Waals surface area contributed by atoms with Crippen LogP contribution in [-0.4, -0.2) is 80.9 Å². The van der Waals surface area contributed by atoms with E-state index in [-0.39, 0.29) is 12.5 Å². The molecule has 2 aromatic rings. The van der Waals surface area contributed by atoms with E-state index in [1.54, 1.807) is 19.2 Å². The van der Waals surface area contributed by atoms with E-state index in [4.69, 9.17) is 4.74 Å². The fourth-order valence-corrected chi connectivity index (χ4v) is 6.07. The number of hydrogen-bond acceptors (Lipinski definition) is 5. The molecule has 3 heterocycles. The molecule has 1 aromatic carbocycles. The number of amides is 1. The number of anilines is 1. The number of piperidine rings is 2. The first-order chi connectivity index (χ1) is 15.9. The van der Waals surface area contributed by atoms with Crippen LogP contribution in [-0.2, 0) is 26.1 Å². The molecule has 0 aliphatic carbocycles. The van der Waals surface area contributed by atoms with Crippen LogP contribution in [0, 0.1) is 5.92 Å². The van der Waals surface area contributed by atoms with Crippen LogP contribution in [0.1, 0.15) is 32.1 Å². The number of nitrogens with zero attached hydrogens (tertiary/aromatic N) is 3. The summed E-state index contributed by atoms with van der Waals surface area (Å²) in [6.45, 7) is 4.46. The number of rotatable bonds is 9. The SMILES string of the molecule is COCCN(C[C@@H]1CCCN2CCCC[C@H]12)C(=O)Cn1ccc2c(NS(C)(=O)=O)cccc21. The van der Waals surface area contributed by atoms with Gasteiger partial charge in [-0.05, 0) is 62.9 Å². The molecule has 0 saturated carbocycles. The number of ether oxygens (including phenoxy) is 1. The molecule has 0 unspecified atom stereocenters. The van der Waals surface area contributed by atoms with Gasteiger partial charge in [0, 0.05) is 37.8 Å². The standard InChI is InChI=1S/C24H36N4O4S/c1-32-16-15-28(17-19-7-6-13-26-12-4-3-9-22(19)26)24(29)18-27-14-11-20-21(25-33(2,30)31)8-5-10-23(20)27/h5,8,10-11,14,19,22,25H,3-4,6-7,9,12-13,15-18H2,1-2H3/t19-,22+/m0/s1. The summed E-state index contributed by atoms with van der Waals surface area (Å²) in [6.07, 6.45) is 9.16. The van der Waals surface area contributed by atoms with Crippen LogP contribution in [0.4, 0.5) is 5.69 Å². The molecule has 1 N–H and O–H groups in total. The van der Waals surface area contributed by atoms with E-state index in [1.165, 1.54) is 45.2 Å². The minimum absolute atomic E-state index is 0.0685. The van der Waals surface area contributed by atoms with E-state index in [0.717, 1.165) is 23.7 Å². The highest BCUT2D eigenvalue weighted by atomic mass is 32.2. The van der Waals surface area contributed by atoms with Crippen LogP contribution >= 0.6 is 0 Å². The average molecular weight is 477 g/mol. The van der Waals surface area contributed by atoms with Crippen LogP contribution < -0.4 is 4.72 Å². The molecule has 2 atom stereocenters. The van der Waals surface area contributed by atoms with Crippen LogP contribution in [0.2, 0.25) is 0 Å². The molecular formula is C24H36N4O4S. The van der Waals surface area contributed by atoms with Crippen molar-refractivity contribution in [2.75, 3.05) is 50.9 Å². The summed E-state index contributed by atoms with van der Waals surface area (Å²) >= 11 is 0. The molecule has 0 radical (unpaired) electrons. The number of sulfonamides is 1. The van der Waals surface area contributed by atoms with Gasteiger partial charge in [0.1, 0.15) is 6.54 Å². The molecule has 4 rings (SSSR count). The zero-order chi connectivity index (χ0) is 23.4. The molecule has 182 valence electrons. The summed E-state index contributed by atoms with van der Waals surface area (Å²) < 4.78 is 33.2. The Balaban J connectivity index is 1.50. The van der Waals surface area contributed by atoms with Gasteiger partial charge in [-0.15, -0.1) is 0 Å². The lowest BCUT2D eigenvalue weighted by atomic mass is 9.83. The first kappa shape index (κ1) is 24.0. The van der Waals surface area contributed by atoms with Crippen molar-refractivity contribution in [1.82, 2.24) is 14.4 Å². The average Bonchev–Trinajstić information content (AvgIpc) is 3.19. The summed E-state index contributed by atoms with van der Waals surface area (Å²) in [5.41, 5.74) is 1.36. The van der Waals surface area contributed by atoms with Crippen molar-refractivity contribution in [1.29, 1.82) is 0 Å². The third-order valence-corrected chi connectivity index (χ3v) is 7.61. The predicted octanol–water partition coefficient (Wildman–Crippen LogP) is 2.75. The molecule has 8 nitrogen and oxygen atoms in total. The number of nitrogens with one attached hydrogen (secondary N) is 1. The molecule has 2 saturated heterocycles. The molecule has 2 aliphatic heterocycles. The van der Waals surface area contributed by atoms with E-state index in [2.05, 4.69) is 9.62 Å². The fourth-order valence-electron chi connectivity index (χ4n) is 5.49. The van der Waals surface area contributed by atoms with Gasteiger partial charge in [0.25, 0.3) is 0 Å².